The van der Waals surface area contributed by atoms with Crippen LogP contribution in [0, 0.1) is 6.92 Å². The third-order valence-electron chi connectivity index (χ3n) is 2.33. The normalized spacial score (nSPS) is 10.6. The largest absolute Gasteiger partial charge is 1.00 e. The molecule has 2 rings (SSSR count). The van der Waals surface area contributed by atoms with Gasteiger partial charge in [0.2, 0.25) is 0 Å². The number of hydrogen-bond acceptors (Lipinski definition) is 5. The Kier molecular flexibility index (Phi) is 5.51. The second-order valence-corrected chi connectivity index (χ2v) is 5.14. The molecule has 19 heavy (non-hydrogen) atoms. The third kappa shape index (κ3) is 4.29. The summed E-state index contributed by atoms with van der Waals surface area (Å²) in [4.78, 5) is 3.77. The first kappa shape index (κ1) is 16.1. The number of benzene rings is 1. The minimum Gasteiger partial charge on any atom is -0.744 e. The summed E-state index contributed by atoms with van der Waals surface area (Å²) >= 11 is 0. The maximum atomic E-state index is 11.1. The molecular formula is C12H11N2NaO3S. The van der Waals surface area contributed by atoms with E-state index in [9.17, 15) is 13.0 Å². The van der Waals surface area contributed by atoms with E-state index in [4.69, 9.17) is 0 Å². The number of para-hydroxylation sites is 1. The Labute approximate surface area is 134 Å². The molecule has 1 aromatic carbocycles. The van der Waals surface area contributed by atoms with E-state index < -0.39 is 10.1 Å². The van der Waals surface area contributed by atoms with E-state index in [1.54, 1.807) is 18.3 Å². The van der Waals surface area contributed by atoms with E-state index in [-0.39, 0.29) is 40.1 Å². The molecule has 1 heterocycles. The van der Waals surface area contributed by atoms with Crippen LogP contribution in [0.1, 0.15) is 5.56 Å². The van der Waals surface area contributed by atoms with Gasteiger partial charge in [0.25, 0.3) is 0 Å². The first-order valence-corrected chi connectivity index (χ1v) is 6.62. The van der Waals surface area contributed by atoms with Gasteiger partial charge < -0.3 is 9.87 Å². The van der Waals surface area contributed by atoms with Gasteiger partial charge in [0, 0.05) is 6.20 Å². The molecule has 5 nitrogen and oxygen atoms in total. The molecule has 1 aromatic heterocycles. The van der Waals surface area contributed by atoms with E-state index in [1.165, 1.54) is 18.2 Å². The predicted molar refractivity (Wildman–Crippen MR) is 66.7 cm³/mol. The molecule has 2 aromatic rings. The molecule has 0 saturated carbocycles. The van der Waals surface area contributed by atoms with Crippen molar-refractivity contribution in [3.63, 3.8) is 0 Å². The molecule has 0 radical (unpaired) electrons. The van der Waals surface area contributed by atoms with Gasteiger partial charge in [-0.05, 0) is 36.8 Å². The monoisotopic (exact) mass is 286 g/mol. The average Bonchev–Trinajstić information content (AvgIpc) is 2.28. The van der Waals surface area contributed by atoms with Crippen molar-refractivity contribution in [1.29, 1.82) is 0 Å². The van der Waals surface area contributed by atoms with Gasteiger partial charge in [-0.1, -0.05) is 12.1 Å². The third-order valence-corrected chi connectivity index (χ3v) is 3.23. The van der Waals surface area contributed by atoms with Crippen LogP contribution in [0.5, 0.6) is 0 Å². The van der Waals surface area contributed by atoms with Crippen molar-refractivity contribution in [1.82, 2.24) is 4.98 Å². The Morgan fingerprint density at radius 2 is 1.89 bits per heavy atom. The average molecular weight is 286 g/mol. The SMILES string of the molecule is Cc1ccnc(Nc2ccccc2S(=O)(=O)[O-])c1.[Na+]. The zero-order chi connectivity index (χ0) is 13.2. The van der Waals surface area contributed by atoms with Crippen LogP contribution >= 0.6 is 0 Å². The molecular weight excluding hydrogens is 275 g/mol. The Morgan fingerprint density at radius 3 is 2.53 bits per heavy atom. The van der Waals surface area contributed by atoms with Gasteiger partial charge in [0.05, 0.1) is 10.6 Å². The fourth-order valence-electron chi connectivity index (χ4n) is 1.53. The number of nitrogens with zero attached hydrogens (tertiary/aromatic N) is 1. The molecule has 94 valence electrons. The zero-order valence-electron chi connectivity index (χ0n) is 10.6. The zero-order valence-corrected chi connectivity index (χ0v) is 13.4. The first-order valence-electron chi connectivity index (χ1n) is 5.21. The maximum Gasteiger partial charge on any atom is 1.00 e. The number of hydrogen-bond donors (Lipinski definition) is 1. The number of anilines is 2. The quantitative estimate of drug-likeness (QED) is 0.580. The van der Waals surface area contributed by atoms with Crippen LogP contribution in [-0.4, -0.2) is 18.0 Å². The number of nitrogens with one attached hydrogen (secondary N) is 1. The first-order chi connectivity index (χ1) is 8.47. The van der Waals surface area contributed by atoms with Gasteiger partial charge in [0.1, 0.15) is 15.9 Å². The molecule has 1 N–H and O–H groups in total. The van der Waals surface area contributed by atoms with E-state index in [2.05, 4.69) is 10.3 Å². The van der Waals surface area contributed by atoms with Gasteiger partial charge in [0.15, 0.2) is 0 Å². The van der Waals surface area contributed by atoms with E-state index in [0.29, 0.717) is 5.82 Å². The van der Waals surface area contributed by atoms with Crippen molar-refractivity contribution in [3.8, 4) is 0 Å². The van der Waals surface area contributed by atoms with Crippen LogP contribution in [-0.2, 0) is 10.1 Å². The summed E-state index contributed by atoms with van der Waals surface area (Å²) in [6, 6.07) is 9.51. The van der Waals surface area contributed by atoms with Crippen LogP contribution in [0.4, 0.5) is 11.5 Å². The van der Waals surface area contributed by atoms with Crippen molar-refractivity contribution in [3.05, 3.63) is 48.2 Å². The molecule has 0 bridgehead atoms. The molecule has 0 aliphatic carbocycles. The van der Waals surface area contributed by atoms with E-state index in [1.807, 2.05) is 13.0 Å². The number of pyridine rings is 1. The van der Waals surface area contributed by atoms with Gasteiger partial charge in [-0.3, -0.25) is 0 Å². The van der Waals surface area contributed by atoms with Crippen molar-refractivity contribution in [2.75, 3.05) is 5.32 Å². The topological polar surface area (TPSA) is 82.1 Å². The van der Waals surface area contributed by atoms with E-state index >= 15 is 0 Å². The molecule has 0 saturated heterocycles. The smallest absolute Gasteiger partial charge is 0.744 e. The summed E-state index contributed by atoms with van der Waals surface area (Å²) in [6.07, 6.45) is 1.60. The predicted octanol–water partition coefficient (Wildman–Crippen LogP) is -0.958. The Morgan fingerprint density at radius 1 is 1.21 bits per heavy atom. The number of rotatable bonds is 3. The summed E-state index contributed by atoms with van der Waals surface area (Å²) in [7, 11) is -4.50. The van der Waals surface area contributed by atoms with Crippen molar-refractivity contribution in [2.45, 2.75) is 11.8 Å². The Bertz CT molecular complexity index is 674. The number of aryl methyl sites for hydroxylation is 1. The number of aromatic nitrogens is 1. The Balaban J connectivity index is 0.00000180. The van der Waals surface area contributed by atoms with Crippen molar-refractivity contribution >= 4 is 21.6 Å². The summed E-state index contributed by atoms with van der Waals surface area (Å²) in [5, 5.41) is 2.83. The van der Waals surface area contributed by atoms with Gasteiger partial charge in [-0.2, -0.15) is 0 Å². The van der Waals surface area contributed by atoms with Gasteiger partial charge >= 0.3 is 29.6 Å². The Hall–Kier alpha value is -0.920. The van der Waals surface area contributed by atoms with Gasteiger partial charge in [-0.15, -0.1) is 0 Å². The van der Waals surface area contributed by atoms with Gasteiger partial charge in [-0.25, -0.2) is 13.4 Å². The van der Waals surface area contributed by atoms with Crippen molar-refractivity contribution in [2.24, 2.45) is 0 Å². The molecule has 7 heteroatoms. The minimum absolute atomic E-state index is 0. The molecule has 0 atom stereocenters. The van der Waals surface area contributed by atoms with Crippen molar-refractivity contribution < 1.29 is 42.5 Å². The molecule has 0 aliphatic heterocycles. The summed E-state index contributed by atoms with van der Waals surface area (Å²) < 4.78 is 33.3. The van der Waals surface area contributed by atoms with Crippen LogP contribution in [0.15, 0.2) is 47.5 Å². The fourth-order valence-corrected chi connectivity index (χ4v) is 2.16. The second-order valence-electron chi connectivity index (χ2n) is 3.79. The molecule has 0 fully saturated rings. The summed E-state index contributed by atoms with van der Waals surface area (Å²) in [6.45, 7) is 1.89. The van der Waals surface area contributed by atoms with Crippen LogP contribution < -0.4 is 34.9 Å². The maximum absolute atomic E-state index is 11.1. The molecule has 0 amide bonds. The molecule has 0 aliphatic rings. The second kappa shape index (κ2) is 6.49. The van der Waals surface area contributed by atoms with Crippen LogP contribution in [0.3, 0.4) is 0 Å². The molecule has 0 spiro atoms. The van der Waals surface area contributed by atoms with Crippen LogP contribution in [0.25, 0.3) is 0 Å². The van der Waals surface area contributed by atoms with E-state index in [0.717, 1.165) is 5.56 Å². The fraction of sp³-hybridized carbons (Fsp3) is 0.0833. The van der Waals surface area contributed by atoms with Crippen LogP contribution in [0.2, 0.25) is 0 Å². The molecule has 0 unspecified atom stereocenters. The summed E-state index contributed by atoms with van der Waals surface area (Å²) in [5.41, 5.74) is 1.21. The minimum atomic E-state index is -4.50. The standard InChI is InChI=1S/C12H12N2O3S.Na/c1-9-6-7-13-12(8-9)14-10-4-2-3-5-11(10)18(15,16)17;/h2-8H,1H3,(H,13,14)(H,15,16,17);/q;+1/p-1. The summed E-state index contributed by atoms with van der Waals surface area (Å²) in [5.74, 6) is 0.492.